The highest BCUT2D eigenvalue weighted by Crippen LogP contribution is 2.45. The third-order valence-corrected chi connectivity index (χ3v) is 7.13. The normalized spacial score (nSPS) is 15.3. The summed E-state index contributed by atoms with van der Waals surface area (Å²) >= 11 is 11.7. The Balaban J connectivity index is 1.91. The van der Waals surface area contributed by atoms with E-state index in [0.29, 0.717) is 35.1 Å². The summed E-state index contributed by atoms with van der Waals surface area (Å²) in [4.78, 5) is 26.0. The maximum absolute atomic E-state index is 14.4. The summed E-state index contributed by atoms with van der Waals surface area (Å²) in [5.41, 5.74) is 5.94. The first-order valence-corrected chi connectivity index (χ1v) is 11.8. The summed E-state index contributed by atoms with van der Waals surface area (Å²) in [5.74, 6) is -0.590. The van der Waals surface area contributed by atoms with E-state index in [0.717, 1.165) is 19.3 Å². The molecular formula is C22H19Br2ClFN3O4. The van der Waals surface area contributed by atoms with Crippen molar-refractivity contribution in [3.8, 4) is 11.5 Å². The number of nitrogens with zero attached hydrogens (tertiary/aromatic N) is 1. The number of benzene rings is 2. The van der Waals surface area contributed by atoms with E-state index in [2.05, 4.69) is 37.8 Å². The molecule has 0 unspecified atom stereocenters. The number of nitrogens with two attached hydrogens (primary N) is 1. The van der Waals surface area contributed by atoms with Gasteiger partial charge in [0.25, 0.3) is 0 Å². The van der Waals surface area contributed by atoms with Crippen LogP contribution in [0, 0.1) is 5.82 Å². The molecule has 2 aromatic carbocycles. The Labute approximate surface area is 211 Å². The van der Waals surface area contributed by atoms with Gasteiger partial charge in [-0.3, -0.25) is 9.36 Å². The zero-order valence-electron chi connectivity index (χ0n) is 17.2. The van der Waals surface area contributed by atoms with Crippen LogP contribution in [0.15, 0.2) is 36.5 Å². The first-order valence-electron chi connectivity index (χ1n) is 10.1. The van der Waals surface area contributed by atoms with Gasteiger partial charge in [0.1, 0.15) is 0 Å². The molecule has 1 aromatic heterocycles. The van der Waals surface area contributed by atoms with E-state index < -0.39 is 23.2 Å². The van der Waals surface area contributed by atoms with Gasteiger partial charge in [0.2, 0.25) is 5.91 Å². The highest BCUT2D eigenvalue weighted by molar-refractivity contribution is 9.06. The molecule has 1 aliphatic rings. The van der Waals surface area contributed by atoms with Crippen LogP contribution in [0.5, 0.6) is 11.5 Å². The average molecular weight is 604 g/mol. The van der Waals surface area contributed by atoms with Gasteiger partial charge in [-0.1, -0.05) is 36.9 Å². The number of halogens is 4. The second-order valence-electron chi connectivity index (χ2n) is 7.92. The van der Waals surface area contributed by atoms with Crippen LogP contribution >= 0.6 is 44.1 Å². The molecule has 3 N–H and O–H groups in total. The molecule has 0 saturated heterocycles. The van der Waals surface area contributed by atoms with Gasteiger partial charge in [-0.15, -0.1) is 0 Å². The predicted octanol–water partition coefficient (Wildman–Crippen LogP) is 6.58. The van der Waals surface area contributed by atoms with Gasteiger partial charge >= 0.3 is 6.03 Å². The molecule has 1 aliphatic carbocycles. The van der Waals surface area contributed by atoms with Crippen molar-refractivity contribution in [3.05, 3.63) is 52.9 Å². The van der Waals surface area contributed by atoms with Crippen LogP contribution in [0.3, 0.4) is 0 Å². The Morgan fingerprint density at radius 3 is 2.42 bits per heavy atom. The van der Waals surface area contributed by atoms with Crippen molar-refractivity contribution >= 4 is 72.6 Å². The van der Waals surface area contributed by atoms with E-state index in [1.165, 1.54) is 22.8 Å². The number of carbonyl (C=O) groups is 2. The molecule has 0 bridgehead atoms. The van der Waals surface area contributed by atoms with E-state index in [1.54, 1.807) is 18.3 Å². The van der Waals surface area contributed by atoms with E-state index in [-0.39, 0.29) is 16.5 Å². The summed E-state index contributed by atoms with van der Waals surface area (Å²) in [6.45, 7) is 0. The molecule has 7 nitrogen and oxygen atoms in total. The van der Waals surface area contributed by atoms with Crippen LogP contribution in [0.1, 0.15) is 37.7 Å². The number of carbonyl (C=O) groups excluding carboxylic acids is 2. The quantitative estimate of drug-likeness (QED) is 0.345. The minimum Gasteiger partial charge on any atom is -0.414 e. The van der Waals surface area contributed by atoms with Crippen LogP contribution in [0.25, 0.3) is 10.9 Å². The Morgan fingerprint density at radius 1 is 1.12 bits per heavy atom. The van der Waals surface area contributed by atoms with Crippen molar-refractivity contribution in [1.29, 1.82) is 0 Å². The van der Waals surface area contributed by atoms with Gasteiger partial charge in [-0.25, -0.2) is 9.18 Å². The number of amides is 2. The fourth-order valence-corrected chi connectivity index (χ4v) is 5.16. The zero-order valence-corrected chi connectivity index (χ0v) is 21.1. The molecule has 0 atom stereocenters. The maximum atomic E-state index is 14.4. The third kappa shape index (κ3) is 4.20. The molecule has 1 saturated carbocycles. The molecule has 174 valence electrons. The maximum Gasteiger partial charge on any atom is 0.330 e. The molecular weight excluding hydrogens is 585 g/mol. The number of primary amides is 1. The molecule has 1 heterocycles. The van der Waals surface area contributed by atoms with Crippen molar-refractivity contribution in [2.24, 2.45) is 5.73 Å². The van der Waals surface area contributed by atoms with Gasteiger partial charge in [0.15, 0.2) is 49.8 Å². The number of rotatable bonds is 5. The number of hydrogen-bond acceptors (Lipinski definition) is 4. The Hall–Kier alpha value is -2.30. The second kappa shape index (κ2) is 9.52. The van der Waals surface area contributed by atoms with Gasteiger partial charge in [-0.05, 0) is 36.6 Å². The molecule has 1 fully saturated rings. The second-order valence-corrected chi connectivity index (χ2v) is 8.98. The van der Waals surface area contributed by atoms with Crippen LogP contribution in [0.2, 0.25) is 5.02 Å². The van der Waals surface area contributed by atoms with Crippen LogP contribution in [0.4, 0.5) is 14.9 Å². The average Bonchev–Trinajstić information content (AvgIpc) is 3.20. The van der Waals surface area contributed by atoms with Gasteiger partial charge in [0, 0.05) is 17.6 Å². The summed E-state index contributed by atoms with van der Waals surface area (Å²) in [5, 5.41) is 3.02. The SMILES string of the molecule is NC(=O)C1(c2cn(C(=O)Nc3cccc(Cl)c3F)c3cc(OBr)c(OBr)cc23)CCCCC1. The molecule has 2 amide bonds. The fraction of sp³-hybridized carbons (Fsp3) is 0.273. The number of aromatic nitrogens is 1. The standard InChI is InChI=1S/C22H19Br2ClFN3O4/c23-32-17-9-12-13(22(20(27)30)7-2-1-3-8-22)11-29(16(12)10-18(17)33-24)21(31)28-15-6-4-5-14(25)19(15)26/h4-6,9-11H,1-3,7-8H2,(H2,27,30)(H,28,31). The van der Waals surface area contributed by atoms with Gasteiger partial charge in [-0.2, -0.15) is 0 Å². The molecule has 0 radical (unpaired) electrons. The highest BCUT2D eigenvalue weighted by atomic mass is 79.9. The smallest absolute Gasteiger partial charge is 0.330 e. The largest absolute Gasteiger partial charge is 0.414 e. The lowest BCUT2D eigenvalue weighted by molar-refractivity contribution is -0.124. The molecule has 0 aliphatic heterocycles. The fourth-order valence-electron chi connectivity index (χ4n) is 4.48. The first-order chi connectivity index (χ1) is 15.8. The van der Waals surface area contributed by atoms with E-state index in [9.17, 15) is 14.0 Å². The zero-order chi connectivity index (χ0) is 23.8. The monoisotopic (exact) mass is 601 g/mol. The van der Waals surface area contributed by atoms with Crippen molar-refractivity contribution in [2.75, 3.05) is 5.32 Å². The van der Waals surface area contributed by atoms with Crippen LogP contribution in [-0.2, 0) is 10.2 Å². The summed E-state index contributed by atoms with van der Waals surface area (Å²) in [6, 6.07) is 6.92. The predicted molar refractivity (Wildman–Crippen MR) is 131 cm³/mol. The Bertz CT molecular complexity index is 1240. The van der Waals surface area contributed by atoms with Gasteiger partial charge in [0.05, 0.1) is 21.6 Å². The lowest BCUT2D eigenvalue weighted by Crippen LogP contribution is -2.42. The molecule has 33 heavy (non-hydrogen) atoms. The molecule has 11 heteroatoms. The molecule has 0 spiro atoms. The molecule has 4 rings (SSSR count). The van der Waals surface area contributed by atoms with E-state index in [4.69, 9.17) is 25.0 Å². The van der Waals surface area contributed by atoms with Crippen LogP contribution < -0.4 is 18.7 Å². The number of fused-ring (bicyclic) bond motifs is 1. The Kier molecular flexibility index (Phi) is 6.88. The summed E-state index contributed by atoms with van der Waals surface area (Å²) in [7, 11) is 0. The Morgan fingerprint density at radius 2 is 1.79 bits per heavy atom. The topological polar surface area (TPSA) is 95.6 Å². The van der Waals surface area contributed by atoms with Crippen LogP contribution in [-0.4, -0.2) is 16.5 Å². The van der Waals surface area contributed by atoms with E-state index >= 15 is 0 Å². The lowest BCUT2D eigenvalue weighted by atomic mass is 9.69. The van der Waals surface area contributed by atoms with Crippen molar-refractivity contribution < 1.29 is 21.6 Å². The third-order valence-electron chi connectivity index (χ3n) is 6.14. The van der Waals surface area contributed by atoms with E-state index in [1.807, 2.05) is 0 Å². The van der Waals surface area contributed by atoms with Crippen molar-refractivity contribution in [3.63, 3.8) is 0 Å². The van der Waals surface area contributed by atoms with Crippen molar-refractivity contribution in [2.45, 2.75) is 37.5 Å². The number of nitrogens with one attached hydrogen (secondary N) is 1. The summed E-state index contributed by atoms with van der Waals surface area (Å²) in [6.07, 6.45) is 5.37. The number of anilines is 1. The lowest BCUT2D eigenvalue weighted by Gasteiger charge is -2.34. The highest BCUT2D eigenvalue weighted by Gasteiger charge is 2.42. The minimum absolute atomic E-state index is 0.0736. The van der Waals surface area contributed by atoms with Gasteiger partial charge < -0.3 is 18.7 Å². The summed E-state index contributed by atoms with van der Waals surface area (Å²) < 4.78 is 26.2. The molecule has 3 aromatic rings. The minimum atomic E-state index is -0.941. The number of hydrogen-bond donors (Lipinski definition) is 2. The first kappa shape index (κ1) is 23.8. The van der Waals surface area contributed by atoms with Crippen molar-refractivity contribution in [1.82, 2.24) is 4.57 Å².